The van der Waals surface area contributed by atoms with Crippen LogP contribution in [0.4, 0.5) is 0 Å². The first-order valence-corrected chi connectivity index (χ1v) is 9.65. The number of likely N-dealkylation sites (tertiary alicyclic amines) is 1. The molecule has 4 aliphatic heterocycles. The number of nitrogens with zero attached hydrogens (tertiary/aromatic N) is 2. The molecule has 3 atom stereocenters. The molecule has 2 bridgehead atoms. The summed E-state index contributed by atoms with van der Waals surface area (Å²) in [7, 11) is 0. The van der Waals surface area contributed by atoms with Gasteiger partial charge in [0.25, 0.3) is 0 Å². The average Bonchev–Trinajstić information content (AvgIpc) is 3.05. The molecule has 0 saturated carbocycles. The Hall–Kier alpha value is -2.08. The number of carbonyl (C=O) groups excluding carboxylic acids is 2. The zero-order chi connectivity index (χ0) is 18.3. The van der Waals surface area contributed by atoms with Gasteiger partial charge in [-0.3, -0.25) is 14.5 Å². The number of aromatic hydroxyl groups is 1. The van der Waals surface area contributed by atoms with Crippen molar-refractivity contribution in [2.45, 2.75) is 50.1 Å². The Balaban J connectivity index is 1.58. The molecule has 0 aromatic heterocycles. The highest BCUT2D eigenvalue weighted by Gasteiger charge is 2.54. The Kier molecular flexibility index (Phi) is 4.61. The zero-order valence-electron chi connectivity index (χ0n) is 15.0. The van der Waals surface area contributed by atoms with Crippen molar-refractivity contribution in [1.82, 2.24) is 9.80 Å². The summed E-state index contributed by atoms with van der Waals surface area (Å²) in [6.07, 6.45) is 3.47. The third kappa shape index (κ3) is 3.07. The van der Waals surface area contributed by atoms with Gasteiger partial charge in [0, 0.05) is 31.3 Å². The predicted octanol–water partition coefficient (Wildman–Crippen LogP) is 1.44. The number of fused-ring (bicyclic) bond motifs is 2. The highest BCUT2D eigenvalue weighted by atomic mass is 16.3. The highest BCUT2D eigenvalue weighted by molar-refractivity contribution is 5.79. The number of amides is 2. The summed E-state index contributed by atoms with van der Waals surface area (Å²) in [5.74, 6) is 0.860. The van der Waals surface area contributed by atoms with Crippen molar-refractivity contribution >= 4 is 11.8 Å². The number of phenols is 1. The summed E-state index contributed by atoms with van der Waals surface area (Å²) in [4.78, 5) is 28.5. The van der Waals surface area contributed by atoms with Gasteiger partial charge in [0.2, 0.25) is 11.8 Å². The van der Waals surface area contributed by atoms with Crippen LogP contribution in [0.2, 0.25) is 0 Å². The fourth-order valence-corrected chi connectivity index (χ4v) is 5.31. The topological polar surface area (TPSA) is 86.9 Å². The van der Waals surface area contributed by atoms with E-state index in [9.17, 15) is 14.7 Å². The second kappa shape index (κ2) is 6.91. The van der Waals surface area contributed by atoms with Gasteiger partial charge in [0.1, 0.15) is 5.75 Å². The minimum Gasteiger partial charge on any atom is -0.508 e. The number of carbonyl (C=O) groups is 2. The van der Waals surface area contributed by atoms with E-state index in [-0.39, 0.29) is 35.9 Å². The van der Waals surface area contributed by atoms with Crippen molar-refractivity contribution in [3.05, 3.63) is 29.8 Å². The molecule has 4 saturated heterocycles. The maximum absolute atomic E-state index is 12.9. The van der Waals surface area contributed by atoms with Crippen LogP contribution >= 0.6 is 0 Å². The number of benzene rings is 1. The standard InChI is InChI=1S/C20H27N3O3/c21-17(25)5-2-6-18(26)23-12-16(14-3-1-4-15(24)11-14)20-19(23)13-7-9-22(20)10-8-13/h1,3-4,11,13,16,19-20,24H,2,5-10,12H2,(H2,21,25)/t16-,19+,20+/m0/s1. The molecule has 4 fully saturated rings. The molecule has 0 aliphatic carbocycles. The lowest BCUT2D eigenvalue weighted by Crippen LogP contribution is -2.60. The quantitative estimate of drug-likeness (QED) is 0.835. The van der Waals surface area contributed by atoms with Crippen LogP contribution in [0.25, 0.3) is 0 Å². The summed E-state index contributed by atoms with van der Waals surface area (Å²) in [5.41, 5.74) is 6.32. The lowest BCUT2D eigenvalue weighted by molar-refractivity contribution is -0.136. The van der Waals surface area contributed by atoms with Crippen LogP contribution in [0.15, 0.2) is 24.3 Å². The number of nitrogens with two attached hydrogens (primary N) is 1. The maximum Gasteiger partial charge on any atom is 0.222 e. The molecule has 6 nitrogen and oxygen atoms in total. The van der Waals surface area contributed by atoms with Crippen LogP contribution < -0.4 is 5.73 Å². The van der Waals surface area contributed by atoms with Crippen molar-refractivity contribution in [3.8, 4) is 5.75 Å². The molecule has 140 valence electrons. The fraction of sp³-hybridized carbons (Fsp3) is 0.600. The van der Waals surface area contributed by atoms with Crippen LogP contribution in [-0.4, -0.2) is 58.4 Å². The number of hydrogen-bond acceptors (Lipinski definition) is 4. The van der Waals surface area contributed by atoms with Gasteiger partial charge in [0.05, 0.1) is 6.04 Å². The van der Waals surface area contributed by atoms with Gasteiger partial charge in [-0.05, 0) is 56.0 Å². The van der Waals surface area contributed by atoms with Crippen molar-refractivity contribution in [2.24, 2.45) is 11.7 Å². The van der Waals surface area contributed by atoms with E-state index >= 15 is 0 Å². The molecule has 0 unspecified atom stereocenters. The Morgan fingerprint density at radius 1 is 1.15 bits per heavy atom. The van der Waals surface area contributed by atoms with Crippen molar-refractivity contribution in [1.29, 1.82) is 0 Å². The van der Waals surface area contributed by atoms with Gasteiger partial charge in [-0.1, -0.05) is 12.1 Å². The number of hydrogen-bond donors (Lipinski definition) is 2. The molecule has 6 heteroatoms. The van der Waals surface area contributed by atoms with Crippen LogP contribution in [0.3, 0.4) is 0 Å². The van der Waals surface area contributed by atoms with Gasteiger partial charge in [0.15, 0.2) is 0 Å². The normalized spacial score (nSPS) is 32.5. The lowest BCUT2D eigenvalue weighted by Gasteiger charge is -2.51. The minimum atomic E-state index is -0.349. The first-order chi connectivity index (χ1) is 12.5. The Morgan fingerprint density at radius 2 is 1.92 bits per heavy atom. The van der Waals surface area contributed by atoms with Gasteiger partial charge in [-0.15, -0.1) is 0 Å². The summed E-state index contributed by atoms with van der Waals surface area (Å²) in [6, 6.07) is 8.07. The molecule has 4 heterocycles. The Morgan fingerprint density at radius 3 is 2.62 bits per heavy atom. The van der Waals surface area contributed by atoms with E-state index in [2.05, 4.69) is 15.9 Å². The summed E-state index contributed by atoms with van der Waals surface area (Å²) in [6.45, 7) is 2.90. The SMILES string of the molecule is NC(=O)CCCC(=O)N1C[C@@H](c2cccc(O)c2)[C@@H]2[C@H]1C1CCN2CC1. The van der Waals surface area contributed by atoms with Crippen LogP contribution in [0, 0.1) is 5.92 Å². The van der Waals surface area contributed by atoms with E-state index < -0.39 is 0 Å². The Labute approximate surface area is 153 Å². The summed E-state index contributed by atoms with van der Waals surface area (Å²) < 4.78 is 0. The number of rotatable bonds is 5. The van der Waals surface area contributed by atoms with Crippen molar-refractivity contribution in [2.75, 3.05) is 19.6 Å². The number of primary amides is 1. The average molecular weight is 357 g/mol. The molecule has 1 aromatic rings. The van der Waals surface area contributed by atoms with E-state index in [1.54, 1.807) is 6.07 Å². The third-order valence-electron chi connectivity index (χ3n) is 6.43. The second-order valence-corrected chi connectivity index (χ2v) is 7.92. The summed E-state index contributed by atoms with van der Waals surface area (Å²) in [5, 5.41) is 9.91. The molecule has 4 aliphatic rings. The molecule has 0 spiro atoms. The van der Waals surface area contributed by atoms with Crippen molar-refractivity contribution in [3.63, 3.8) is 0 Å². The third-order valence-corrected chi connectivity index (χ3v) is 6.43. The second-order valence-electron chi connectivity index (χ2n) is 7.92. The van der Waals surface area contributed by atoms with E-state index in [1.807, 2.05) is 12.1 Å². The molecular weight excluding hydrogens is 330 g/mol. The molecule has 5 rings (SSSR count). The van der Waals surface area contributed by atoms with E-state index in [1.165, 1.54) is 0 Å². The fourth-order valence-electron chi connectivity index (χ4n) is 5.31. The number of piperidine rings is 3. The molecule has 1 aromatic carbocycles. The molecule has 3 N–H and O–H groups in total. The van der Waals surface area contributed by atoms with Crippen LogP contribution in [0.1, 0.15) is 43.6 Å². The first-order valence-electron chi connectivity index (χ1n) is 9.65. The van der Waals surface area contributed by atoms with Gasteiger partial charge in [-0.2, -0.15) is 0 Å². The number of phenolic OH excluding ortho intramolecular Hbond substituents is 1. The first kappa shape index (κ1) is 17.3. The lowest BCUT2D eigenvalue weighted by atomic mass is 9.75. The van der Waals surface area contributed by atoms with Gasteiger partial charge < -0.3 is 15.7 Å². The largest absolute Gasteiger partial charge is 0.508 e. The summed E-state index contributed by atoms with van der Waals surface area (Å²) >= 11 is 0. The molecule has 2 amide bonds. The molecule has 26 heavy (non-hydrogen) atoms. The minimum absolute atomic E-state index is 0.137. The maximum atomic E-state index is 12.9. The van der Waals surface area contributed by atoms with E-state index in [4.69, 9.17) is 5.73 Å². The predicted molar refractivity (Wildman–Crippen MR) is 97.5 cm³/mol. The molecule has 0 radical (unpaired) electrons. The smallest absolute Gasteiger partial charge is 0.222 e. The zero-order valence-corrected chi connectivity index (χ0v) is 15.0. The monoisotopic (exact) mass is 357 g/mol. The highest BCUT2D eigenvalue weighted by Crippen LogP contribution is 2.47. The van der Waals surface area contributed by atoms with E-state index in [0.29, 0.717) is 31.3 Å². The van der Waals surface area contributed by atoms with Crippen LogP contribution in [0.5, 0.6) is 5.75 Å². The Bertz CT molecular complexity index is 699. The van der Waals surface area contributed by atoms with Crippen molar-refractivity contribution < 1.29 is 14.7 Å². The van der Waals surface area contributed by atoms with Gasteiger partial charge >= 0.3 is 0 Å². The molecular formula is C20H27N3O3. The van der Waals surface area contributed by atoms with Gasteiger partial charge in [-0.25, -0.2) is 0 Å². The van der Waals surface area contributed by atoms with Crippen LogP contribution in [-0.2, 0) is 9.59 Å². The van der Waals surface area contributed by atoms with E-state index in [0.717, 1.165) is 31.5 Å².